The SMILES string of the molecule is Cc1nn(C)c(C)c1N[S+]([O-])c1ccc(-c2cccc(CN3CCOCC3)c2)cc1. The number of hydrogen-bond acceptors (Lipinski definition) is 5. The van der Waals surface area contributed by atoms with Crippen LogP contribution < -0.4 is 4.72 Å². The molecular weight excluding hydrogens is 396 g/mol. The highest BCUT2D eigenvalue weighted by Gasteiger charge is 2.18. The Kier molecular flexibility index (Phi) is 6.43. The second-order valence-electron chi connectivity index (χ2n) is 7.65. The van der Waals surface area contributed by atoms with Crippen molar-refractivity contribution in [2.24, 2.45) is 7.05 Å². The van der Waals surface area contributed by atoms with Gasteiger partial charge in [0.15, 0.2) is 4.90 Å². The van der Waals surface area contributed by atoms with Gasteiger partial charge in [-0.2, -0.15) is 9.82 Å². The second-order valence-corrected chi connectivity index (χ2v) is 8.87. The van der Waals surface area contributed by atoms with E-state index in [9.17, 15) is 4.55 Å². The van der Waals surface area contributed by atoms with Crippen LogP contribution in [0.5, 0.6) is 0 Å². The molecule has 6 nitrogen and oxygen atoms in total. The van der Waals surface area contributed by atoms with Crippen LogP contribution in [0.25, 0.3) is 11.1 Å². The molecule has 0 aliphatic carbocycles. The summed E-state index contributed by atoms with van der Waals surface area (Å²) in [6, 6.07) is 16.6. The molecule has 30 heavy (non-hydrogen) atoms. The maximum atomic E-state index is 12.8. The van der Waals surface area contributed by atoms with Crippen molar-refractivity contribution in [1.29, 1.82) is 0 Å². The van der Waals surface area contributed by atoms with E-state index in [2.05, 4.69) is 39.0 Å². The lowest BCUT2D eigenvalue weighted by Gasteiger charge is -2.26. The third-order valence-corrected chi connectivity index (χ3v) is 6.63. The van der Waals surface area contributed by atoms with Crippen LogP contribution in [-0.2, 0) is 29.7 Å². The number of ether oxygens (including phenoxy) is 1. The Morgan fingerprint density at radius 3 is 2.47 bits per heavy atom. The van der Waals surface area contributed by atoms with Crippen molar-refractivity contribution in [2.75, 3.05) is 31.0 Å². The first-order valence-electron chi connectivity index (χ1n) is 10.2. The van der Waals surface area contributed by atoms with Crippen molar-refractivity contribution in [3.05, 3.63) is 65.5 Å². The first-order chi connectivity index (χ1) is 14.5. The lowest BCUT2D eigenvalue weighted by molar-refractivity contribution is 0.0342. The Morgan fingerprint density at radius 1 is 1.07 bits per heavy atom. The summed E-state index contributed by atoms with van der Waals surface area (Å²) in [5.74, 6) is 0. The van der Waals surface area contributed by atoms with Gasteiger partial charge in [-0.3, -0.25) is 9.58 Å². The quantitative estimate of drug-likeness (QED) is 0.612. The van der Waals surface area contributed by atoms with Gasteiger partial charge in [0.25, 0.3) is 0 Å². The number of morpholine rings is 1. The molecule has 1 N–H and O–H groups in total. The molecule has 1 saturated heterocycles. The number of benzene rings is 2. The first-order valence-corrected chi connectivity index (χ1v) is 11.3. The molecule has 3 aromatic rings. The van der Waals surface area contributed by atoms with Crippen molar-refractivity contribution in [2.45, 2.75) is 25.3 Å². The molecular formula is C23H28N4O2S. The van der Waals surface area contributed by atoms with Gasteiger partial charge in [0.1, 0.15) is 17.0 Å². The minimum absolute atomic E-state index is 0.742. The largest absolute Gasteiger partial charge is 0.588 e. The smallest absolute Gasteiger partial charge is 0.179 e. The van der Waals surface area contributed by atoms with Gasteiger partial charge in [-0.05, 0) is 60.9 Å². The van der Waals surface area contributed by atoms with E-state index < -0.39 is 11.4 Å². The molecule has 0 radical (unpaired) electrons. The number of aromatic nitrogens is 2. The monoisotopic (exact) mass is 424 g/mol. The Labute approximate surface area is 181 Å². The van der Waals surface area contributed by atoms with Crippen molar-refractivity contribution < 1.29 is 9.29 Å². The fourth-order valence-electron chi connectivity index (χ4n) is 3.71. The molecule has 4 rings (SSSR count). The minimum atomic E-state index is -1.34. The molecule has 0 bridgehead atoms. The number of rotatable bonds is 6. The molecule has 1 aliphatic heterocycles. The van der Waals surface area contributed by atoms with E-state index >= 15 is 0 Å². The average molecular weight is 425 g/mol. The zero-order valence-electron chi connectivity index (χ0n) is 17.7. The summed E-state index contributed by atoms with van der Waals surface area (Å²) in [6.07, 6.45) is 0. The zero-order chi connectivity index (χ0) is 21.1. The molecule has 0 spiro atoms. The normalized spacial score (nSPS) is 15.9. The lowest BCUT2D eigenvalue weighted by atomic mass is 10.0. The Hall–Kier alpha value is -2.32. The molecule has 1 aliphatic rings. The van der Waals surface area contributed by atoms with E-state index in [0.717, 1.165) is 60.4 Å². The van der Waals surface area contributed by atoms with Gasteiger partial charge in [0, 0.05) is 26.7 Å². The van der Waals surface area contributed by atoms with Gasteiger partial charge in [-0.1, -0.05) is 18.2 Å². The Balaban J connectivity index is 1.46. The van der Waals surface area contributed by atoms with Crippen LogP contribution in [-0.4, -0.2) is 45.5 Å². The summed E-state index contributed by atoms with van der Waals surface area (Å²) in [4.78, 5) is 3.16. The van der Waals surface area contributed by atoms with Crippen molar-refractivity contribution in [3.63, 3.8) is 0 Å². The maximum Gasteiger partial charge on any atom is 0.179 e. The maximum absolute atomic E-state index is 12.8. The molecule has 2 aromatic carbocycles. The zero-order valence-corrected chi connectivity index (χ0v) is 18.5. The summed E-state index contributed by atoms with van der Waals surface area (Å²) in [5.41, 5.74) is 6.23. The molecule has 7 heteroatoms. The van der Waals surface area contributed by atoms with Gasteiger partial charge >= 0.3 is 0 Å². The summed E-state index contributed by atoms with van der Waals surface area (Å²) in [5, 5.41) is 4.37. The van der Waals surface area contributed by atoms with Gasteiger partial charge in [0.05, 0.1) is 24.6 Å². The number of nitrogens with zero attached hydrogens (tertiary/aromatic N) is 3. The number of aryl methyl sites for hydroxylation is 2. The third kappa shape index (κ3) is 4.70. The van der Waals surface area contributed by atoms with Crippen LogP contribution in [0, 0.1) is 13.8 Å². The first kappa shape index (κ1) is 20.9. The van der Waals surface area contributed by atoms with Crippen LogP contribution in [0.2, 0.25) is 0 Å². The summed E-state index contributed by atoms with van der Waals surface area (Å²) in [6.45, 7) is 8.40. The molecule has 158 valence electrons. The van der Waals surface area contributed by atoms with Crippen LogP contribution in [0.15, 0.2) is 53.4 Å². The predicted octanol–water partition coefficient (Wildman–Crippen LogP) is 3.67. The van der Waals surface area contributed by atoms with Crippen molar-refractivity contribution in [3.8, 4) is 11.1 Å². The predicted molar refractivity (Wildman–Crippen MR) is 121 cm³/mol. The van der Waals surface area contributed by atoms with E-state index in [0.29, 0.717) is 0 Å². The fraction of sp³-hybridized carbons (Fsp3) is 0.348. The van der Waals surface area contributed by atoms with Crippen LogP contribution in [0.3, 0.4) is 0 Å². The highest BCUT2D eigenvalue weighted by Crippen LogP contribution is 2.26. The second kappa shape index (κ2) is 9.22. The van der Waals surface area contributed by atoms with Gasteiger partial charge in [0.2, 0.25) is 0 Å². The van der Waals surface area contributed by atoms with E-state index in [1.54, 1.807) is 4.68 Å². The van der Waals surface area contributed by atoms with Gasteiger partial charge in [-0.15, -0.1) is 0 Å². The molecule has 0 saturated carbocycles. The standard InChI is InChI=1S/C23H28N4O2S/c1-17-23(18(2)26(3)24-17)25-30(28)22-9-7-20(8-10-22)21-6-4-5-19(15-21)16-27-11-13-29-14-12-27/h4-10,15,25H,11-14,16H2,1-3H3. The molecule has 1 unspecified atom stereocenters. The van der Waals surface area contributed by atoms with Crippen molar-refractivity contribution >= 4 is 17.0 Å². The molecule has 2 heterocycles. The summed E-state index contributed by atoms with van der Waals surface area (Å²) >= 11 is -1.34. The summed E-state index contributed by atoms with van der Waals surface area (Å²) < 4.78 is 23.1. The van der Waals surface area contributed by atoms with Gasteiger partial charge in [-0.25, -0.2) is 0 Å². The van der Waals surface area contributed by atoms with Gasteiger partial charge < -0.3 is 9.29 Å². The van der Waals surface area contributed by atoms with E-state index in [1.807, 2.05) is 45.2 Å². The molecule has 1 aromatic heterocycles. The minimum Gasteiger partial charge on any atom is -0.588 e. The Morgan fingerprint density at radius 2 is 1.80 bits per heavy atom. The fourth-order valence-corrected chi connectivity index (χ4v) is 4.69. The Bertz CT molecular complexity index is 997. The topological polar surface area (TPSA) is 65.4 Å². The number of nitrogens with one attached hydrogen (secondary N) is 1. The third-order valence-electron chi connectivity index (χ3n) is 5.54. The van der Waals surface area contributed by atoms with Crippen molar-refractivity contribution in [1.82, 2.24) is 14.7 Å². The highest BCUT2D eigenvalue weighted by molar-refractivity contribution is 7.92. The number of anilines is 1. The van der Waals surface area contributed by atoms with Crippen LogP contribution in [0.1, 0.15) is 17.0 Å². The number of hydrogen-bond donors (Lipinski definition) is 1. The van der Waals surface area contributed by atoms with E-state index in [4.69, 9.17) is 4.74 Å². The summed E-state index contributed by atoms with van der Waals surface area (Å²) in [7, 11) is 1.89. The average Bonchev–Trinajstić information content (AvgIpc) is 3.00. The van der Waals surface area contributed by atoms with Crippen LogP contribution >= 0.6 is 0 Å². The van der Waals surface area contributed by atoms with E-state index in [1.165, 1.54) is 11.1 Å². The van der Waals surface area contributed by atoms with Crippen LogP contribution in [0.4, 0.5) is 5.69 Å². The lowest BCUT2D eigenvalue weighted by Crippen LogP contribution is -2.35. The highest BCUT2D eigenvalue weighted by atomic mass is 32.2. The van der Waals surface area contributed by atoms with E-state index in [-0.39, 0.29) is 0 Å². The molecule has 1 atom stereocenters. The molecule has 1 fully saturated rings. The molecule has 0 amide bonds.